The lowest BCUT2D eigenvalue weighted by Crippen LogP contribution is -2.39. The van der Waals surface area contributed by atoms with Crippen molar-refractivity contribution < 1.29 is 24.1 Å². The molecule has 0 saturated carbocycles. The van der Waals surface area contributed by atoms with E-state index in [2.05, 4.69) is 4.99 Å². The molecule has 34 heavy (non-hydrogen) atoms. The van der Waals surface area contributed by atoms with E-state index in [0.29, 0.717) is 32.1 Å². The summed E-state index contributed by atoms with van der Waals surface area (Å²) in [5.41, 5.74) is 1.90. The summed E-state index contributed by atoms with van der Waals surface area (Å²) in [5.74, 6) is 0.617. The van der Waals surface area contributed by atoms with E-state index in [1.165, 1.54) is 30.1 Å². The first-order valence-corrected chi connectivity index (χ1v) is 11.4. The third kappa shape index (κ3) is 4.22. The van der Waals surface area contributed by atoms with Gasteiger partial charge in [0.05, 0.1) is 42.7 Å². The van der Waals surface area contributed by atoms with Gasteiger partial charge < -0.3 is 19.3 Å². The topological polar surface area (TPSA) is 99.4 Å². The number of carbonyl (C=O) groups is 1. The van der Waals surface area contributed by atoms with Crippen molar-refractivity contribution in [2.45, 2.75) is 19.9 Å². The molecule has 3 aromatic rings. The van der Waals surface area contributed by atoms with Crippen molar-refractivity contribution in [3.8, 4) is 17.2 Å². The Morgan fingerprint density at radius 1 is 1.15 bits per heavy atom. The number of hydrogen-bond donors (Lipinski definition) is 1. The molecular weight excluding hydrogens is 456 g/mol. The van der Waals surface area contributed by atoms with Crippen LogP contribution in [-0.2, 0) is 9.53 Å². The van der Waals surface area contributed by atoms with Crippen LogP contribution in [0.3, 0.4) is 0 Å². The van der Waals surface area contributed by atoms with Crippen molar-refractivity contribution in [3.05, 3.63) is 84.5 Å². The van der Waals surface area contributed by atoms with E-state index in [-0.39, 0.29) is 23.5 Å². The Hall–Kier alpha value is -3.85. The second kappa shape index (κ2) is 9.56. The van der Waals surface area contributed by atoms with Crippen LogP contribution < -0.4 is 24.4 Å². The van der Waals surface area contributed by atoms with Gasteiger partial charge in [0.2, 0.25) is 0 Å². The smallest absolute Gasteiger partial charge is 0.338 e. The number of esters is 1. The summed E-state index contributed by atoms with van der Waals surface area (Å²) >= 11 is 1.23. The lowest BCUT2D eigenvalue weighted by Gasteiger charge is -2.25. The molecule has 1 aliphatic heterocycles. The molecule has 176 valence electrons. The molecule has 4 rings (SSSR count). The maximum atomic E-state index is 13.6. The standard InChI is InChI=1S/C25H24N2O6S/c1-5-33-24(30)21-14(2)26-25-27(22(21)16-8-11-18(31-3)19(13-16)32-4)23(29)20(34-25)12-15-6-9-17(28)10-7-15/h6-13,22,28H,5H2,1-4H3/b20-12+/t22-/m1/s1. The molecule has 2 heterocycles. The molecule has 1 atom stereocenters. The molecule has 0 unspecified atom stereocenters. The Kier molecular flexibility index (Phi) is 6.56. The molecule has 0 spiro atoms. The Balaban J connectivity index is 1.96. The summed E-state index contributed by atoms with van der Waals surface area (Å²) in [6.45, 7) is 3.66. The van der Waals surface area contributed by atoms with Crippen LogP contribution in [0.15, 0.2) is 63.5 Å². The van der Waals surface area contributed by atoms with Gasteiger partial charge in [-0.25, -0.2) is 9.79 Å². The van der Waals surface area contributed by atoms with Crippen LogP contribution in [-0.4, -0.2) is 36.5 Å². The zero-order valence-electron chi connectivity index (χ0n) is 19.2. The number of nitrogens with zero attached hydrogens (tertiary/aromatic N) is 2. The van der Waals surface area contributed by atoms with E-state index in [1.807, 2.05) is 0 Å². The Morgan fingerprint density at radius 3 is 2.50 bits per heavy atom. The third-order valence-corrected chi connectivity index (χ3v) is 6.41. The summed E-state index contributed by atoms with van der Waals surface area (Å²) in [6, 6.07) is 11.1. The van der Waals surface area contributed by atoms with Crippen LogP contribution in [0.4, 0.5) is 0 Å². The number of carbonyl (C=O) groups excluding carboxylic acids is 1. The molecule has 0 radical (unpaired) electrons. The van der Waals surface area contributed by atoms with E-state index < -0.39 is 12.0 Å². The number of rotatable bonds is 6. The second-order valence-electron chi connectivity index (χ2n) is 7.51. The van der Waals surface area contributed by atoms with Crippen LogP contribution in [0.1, 0.15) is 31.0 Å². The summed E-state index contributed by atoms with van der Waals surface area (Å²) < 4.78 is 18.1. The fourth-order valence-corrected chi connectivity index (χ4v) is 4.90. The number of phenols is 1. The fraction of sp³-hybridized carbons (Fsp3) is 0.240. The number of ether oxygens (including phenoxy) is 3. The van der Waals surface area contributed by atoms with Gasteiger partial charge >= 0.3 is 5.97 Å². The van der Waals surface area contributed by atoms with E-state index in [1.54, 1.807) is 62.4 Å². The van der Waals surface area contributed by atoms with Crippen LogP contribution in [0.2, 0.25) is 0 Å². The van der Waals surface area contributed by atoms with Crippen molar-refractivity contribution in [2.24, 2.45) is 4.99 Å². The van der Waals surface area contributed by atoms with E-state index in [9.17, 15) is 14.7 Å². The number of aromatic hydroxyl groups is 1. The number of thiazole rings is 1. The molecule has 1 N–H and O–H groups in total. The highest BCUT2D eigenvalue weighted by Crippen LogP contribution is 2.36. The first kappa shape index (κ1) is 23.3. The number of aromatic nitrogens is 1. The average molecular weight is 481 g/mol. The number of phenolic OH excluding ortho intramolecular Hbond substituents is 1. The first-order valence-electron chi connectivity index (χ1n) is 10.6. The van der Waals surface area contributed by atoms with Gasteiger partial charge in [-0.05, 0) is 55.3 Å². The maximum absolute atomic E-state index is 13.6. The summed E-state index contributed by atoms with van der Waals surface area (Å²) in [5, 5.41) is 9.54. The van der Waals surface area contributed by atoms with Gasteiger partial charge in [0, 0.05) is 0 Å². The molecular formula is C25H24N2O6S. The van der Waals surface area contributed by atoms with Gasteiger partial charge in [-0.15, -0.1) is 0 Å². The monoisotopic (exact) mass is 480 g/mol. The highest BCUT2D eigenvalue weighted by molar-refractivity contribution is 7.07. The molecule has 1 aliphatic rings. The molecule has 0 saturated heterocycles. The third-order valence-electron chi connectivity index (χ3n) is 5.43. The number of methoxy groups -OCH3 is 2. The molecule has 0 bridgehead atoms. The number of allylic oxidation sites excluding steroid dienone is 1. The zero-order chi connectivity index (χ0) is 24.4. The highest BCUT2D eigenvalue weighted by atomic mass is 32.1. The molecule has 9 heteroatoms. The minimum absolute atomic E-state index is 0.141. The van der Waals surface area contributed by atoms with Gasteiger partial charge in [0.25, 0.3) is 5.56 Å². The van der Waals surface area contributed by atoms with Gasteiger partial charge in [-0.3, -0.25) is 9.36 Å². The van der Waals surface area contributed by atoms with Gasteiger partial charge in [-0.2, -0.15) is 0 Å². The predicted molar refractivity (Wildman–Crippen MR) is 128 cm³/mol. The van der Waals surface area contributed by atoms with Crippen molar-refractivity contribution in [3.63, 3.8) is 0 Å². The van der Waals surface area contributed by atoms with Crippen LogP contribution >= 0.6 is 11.3 Å². The lowest BCUT2D eigenvalue weighted by atomic mass is 9.95. The Bertz CT molecular complexity index is 1450. The van der Waals surface area contributed by atoms with Crippen molar-refractivity contribution in [1.82, 2.24) is 4.57 Å². The van der Waals surface area contributed by atoms with Crippen molar-refractivity contribution in [2.75, 3.05) is 20.8 Å². The number of benzene rings is 2. The number of hydrogen-bond acceptors (Lipinski definition) is 8. The molecule has 0 amide bonds. The molecule has 0 aliphatic carbocycles. The Labute approximate surface area is 199 Å². The SMILES string of the molecule is CCOC(=O)C1=C(C)N=c2s/c(=C/c3ccc(O)cc3)c(=O)n2[C@@H]1c1ccc(OC)c(OC)c1. The normalized spacial score (nSPS) is 15.5. The maximum Gasteiger partial charge on any atom is 0.338 e. The largest absolute Gasteiger partial charge is 0.508 e. The zero-order valence-corrected chi connectivity index (χ0v) is 20.0. The summed E-state index contributed by atoms with van der Waals surface area (Å²) in [4.78, 5) is 31.6. The van der Waals surface area contributed by atoms with Gasteiger partial charge in [0.15, 0.2) is 16.3 Å². The van der Waals surface area contributed by atoms with Crippen LogP contribution in [0.25, 0.3) is 6.08 Å². The quantitative estimate of drug-likeness (QED) is 0.545. The second-order valence-corrected chi connectivity index (χ2v) is 8.52. The minimum Gasteiger partial charge on any atom is -0.508 e. The van der Waals surface area contributed by atoms with Crippen molar-refractivity contribution >= 4 is 23.4 Å². The summed E-state index contributed by atoms with van der Waals surface area (Å²) in [7, 11) is 3.07. The average Bonchev–Trinajstić information content (AvgIpc) is 3.13. The minimum atomic E-state index is -0.753. The fourth-order valence-electron chi connectivity index (χ4n) is 3.85. The van der Waals surface area contributed by atoms with Gasteiger partial charge in [0.1, 0.15) is 5.75 Å². The highest BCUT2D eigenvalue weighted by Gasteiger charge is 2.33. The molecule has 2 aromatic carbocycles. The van der Waals surface area contributed by atoms with Crippen LogP contribution in [0.5, 0.6) is 17.2 Å². The number of fused-ring (bicyclic) bond motifs is 1. The molecule has 8 nitrogen and oxygen atoms in total. The van der Waals surface area contributed by atoms with Gasteiger partial charge in [-0.1, -0.05) is 29.5 Å². The van der Waals surface area contributed by atoms with E-state index in [0.717, 1.165) is 5.56 Å². The Morgan fingerprint density at radius 2 is 1.85 bits per heavy atom. The lowest BCUT2D eigenvalue weighted by molar-refractivity contribution is -0.139. The van der Waals surface area contributed by atoms with Crippen LogP contribution in [0, 0.1) is 0 Å². The molecule has 1 aromatic heterocycles. The van der Waals surface area contributed by atoms with E-state index >= 15 is 0 Å². The first-order chi connectivity index (χ1) is 16.4. The van der Waals surface area contributed by atoms with Crippen molar-refractivity contribution in [1.29, 1.82) is 0 Å². The summed E-state index contributed by atoms with van der Waals surface area (Å²) in [6.07, 6.45) is 1.73. The van der Waals surface area contributed by atoms with E-state index in [4.69, 9.17) is 14.2 Å². The molecule has 0 fully saturated rings. The predicted octanol–water partition coefficient (Wildman–Crippen LogP) is 2.52.